The zero-order valence-electron chi connectivity index (χ0n) is 12.7. The van der Waals surface area contributed by atoms with Gasteiger partial charge in [0.2, 0.25) is 0 Å². The molecule has 0 spiro atoms. The van der Waals surface area contributed by atoms with Gasteiger partial charge < -0.3 is 4.57 Å². The predicted molar refractivity (Wildman–Crippen MR) is 95.3 cm³/mol. The number of alkyl halides is 1. The number of fused-ring (bicyclic) bond motifs is 1. The van der Waals surface area contributed by atoms with Gasteiger partial charge in [-0.2, -0.15) is 0 Å². The molecule has 4 heteroatoms. The zero-order valence-corrected chi connectivity index (χ0v) is 15.7. The highest BCUT2D eigenvalue weighted by Gasteiger charge is 2.23. The highest BCUT2D eigenvalue weighted by atomic mass is 127. The minimum absolute atomic E-state index is 0.0766. The zero-order chi connectivity index (χ0) is 15.1. The Morgan fingerprint density at radius 2 is 1.95 bits per heavy atom. The van der Waals surface area contributed by atoms with E-state index in [0.717, 1.165) is 17.9 Å². The second kappa shape index (κ2) is 5.84. The smallest absolute Gasteiger partial charge is 0.127 e. The van der Waals surface area contributed by atoms with Crippen molar-refractivity contribution in [2.24, 2.45) is 11.3 Å². The van der Waals surface area contributed by atoms with E-state index >= 15 is 0 Å². The number of halogens is 2. The highest BCUT2D eigenvalue weighted by Crippen LogP contribution is 2.31. The van der Waals surface area contributed by atoms with Gasteiger partial charge in [0.05, 0.1) is 16.4 Å². The Labute approximate surface area is 140 Å². The molecule has 0 aliphatic rings. The molecule has 2 aromatic rings. The van der Waals surface area contributed by atoms with E-state index in [9.17, 15) is 0 Å². The summed E-state index contributed by atoms with van der Waals surface area (Å²) in [4.78, 5) is 4.73. The van der Waals surface area contributed by atoms with Crippen molar-refractivity contribution in [1.29, 1.82) is 0 Å². The minimum atomic E-state index is -0.0766. The molecule has 20 heavy (non-hydrogen) atoms. The lowest BCUT2D eigenvalue weighted by Crippen LogP contribution is -2.23. The lowest BCUT2D eigenvalue weighted by atomic mass is 9.82. The van der Waals surface area contributed by atoms with Crippen molar-refractivity contribution in [1.82, 2.24) is 9.55 Å². The Bertz CT molecular complexity index is 611. The minimum Gasteiger partial charge on any atom is -0.326 e. The summed E-state index contributed by atoms with van der Waals surface area (Å²) < 4.78 is 3.50. The lowest BCUT2D eigenvalue weighted by molar-refractivity contribution is 0.233. The molecule has 1 heterocycles. The number of hydrogen-bond donors (Lipinski definition) is 0. The van der Waals surface area contributed by atoms with Crippen molar-refractivity contribution in [3.05, 3.63) is 27.6 Å². The van der Waals surface area contributed by atoms with Crippen LogP contribution >= 0.6 is 34.2 Å². The predicted octanol–water partition coefficient (Wildman–Crippen LogP) is 5.62. The van der Waals surface area contributed by atoms with Crippen molar-refractivity contribution in [2.45, 2.75) is 46.5 Å². The van der Waals surface area contributed by atoms with Crippen LogP contribution in [-0.2, 0) is 6.54 Å². The molecule has 1 aromatic heterocycles. The molecule has 0 radical (unpaired) electrons. The van der Waals surface area contributed by atoms with Gasteiger partial charge in [-0.3, -0.25) is 0 Å². The first-order valence-electron chi connectivity index (χ1n) is 7.00. The van der Waals surface area contributed by atoms with Gasteiger partial charge in [-0.15, -0.1) is 11.6 Å². The maximum Gasteiger partial charge on any atom is 0.127 e. The first kappa shape index (κ1) is 16.1. The molecule has 2 rings (SSSR count). The van der Waals surface area contributed by atoms with E-state index in [2.05, 4.69) is 73.1 Å². The summed E-state index contributed by atoms with van der Waals surface area (Å²) in [6.45, 7) is 12.1. The third-order valence-electron chi connectivity index (χ3n) is 4.03. The molecule has 0 aliphatic carbocycles. The van der Waals surface area contributed by atoms with Crippen LogP contribution in [0, 0.1) is 14.9 Å². The molecule has 2 unspecified atom stereocenters. The second-order valence-corrected chi connectivity index (χ2v) is 8.50. The maximum absolute atomic E-state index is 6.33. The third-order valence-corrected chi connectivity index (χ3v) is 4.90. The van der Waals surface area contributed by atoms with Crippen LogP contribution < -0.4 is 0 Å². The molecular weight excluding hydrogens is 383 g/mol. The van der Waals surface area contributed by atoms with E-state index in [4.69, 9.17) is 16.6 Å². The fraction of sp³-hybridized carbons (Fsp3) is 0.562. The Hall–Kier alpha value is -0.290. The number of benzene rings is 1. The Kier molecular flexibility index (Phi) is 4.69. The van der Waals surface area contributed by atoms with Gasteiger partial charge >= 0.3 is 0 Å². The van der Waals surface area contributed by atoms with Gasteiger partial charge in [0.1, 0.15) is 5.82 Å². The molecule has 0 N–H and O–H groups in total. The molecule has 2 nitrogen and oxygen atoms in total. The van der Waals surface area contributed by atoms with E-state index in [1.807, 2.05) is 6.92 Å². The summed E-state index contributed by atoms with van der Waals surface area (Å²) in [6, 6.07) is 6.41. The Morgan fingerprint density at radius 3 is 2.50 bits per heavy atom. The molecule has 0 saturated carbocycles. The van der Waals surface area contributed by atoms with Gasteiger partial charge in [0, 0.05) is 10.1 Å². The quantitative estimate of drug-likeness (QED) is 0.479. The van der Waals surface area contributed by atoms with Gasteiger partial charge in [-0.1, -0.05) is 27.7 Å². The first-order valence-corrected chi connectivity index (χ1v) is 8.51. The third kappa shape index (κ3) is 3.30. The topological polar surface area (TPSA) is 17.8 Å². The maximum atomic E-state index is 6.33. The van der Waals surface area contributed by atoms with Crippen LogP contribution in [0.5, 0.6) is 0 Å². The van der Waals surface area contributed by atoms with Crippen LogP contribution in [0.2, 0.25) is 0 Å². The number of nitrogens with zero attached hydrogens (tertiary/aromatic N) is 2. The normalized spacial score (nSPS) is 15.6. The fourth-order valence-corrected chi connectivity index (χ4v) is 2.81. The summed E-state index contributed by atoms with van der Waals surface area (Å²) in [5.74, 6) is 1.52. The van der Waals surface area contributed by atoms with Crippen LogP contribution in [0.15, 0.2) is 18.2 Å². The van der Waals surface area contributed by atoms with Crippen molar-refractivity contribution < 1.29 is 0 Å². The standard InChI is InChI=1S/C16H22ClIN2/c1-10(16(3,4)5)9-20-14-7-6-12(18)8-13(14)19-15(20)11(2)17/h6-8,10-11H,9H2,1-5H3. The molecule has 0 saturated heterocycles. The molecular formula is C16H22ClIN2. The summed E-state index contributed by atoms with van der Waals surface area (Å²) in [5, 5.41) is -0.0766. The van der Waals surface area contributed by atoms with Crippen molar-refractivity contribution in [3.8, 4) is 0 Å². The number of imidazole rings is 1. The molecule has 2 atom stereocenters. The number of hydrogen-bond acceptors (Lipinski definition) is 1. The SMILES string of the molecule is CC(Cl)c1nc2cc(I)ccc2n1CC(C)C(C)(C)C. The van der Waals surface area contributed by atoms with Crippen LogP contribution in [0.3, 0.4) is 0 Å². The van der Waals surface area contributed by atoms with Gasteiger partial charge in [-0.05, 0) is 59.0 Å². The van der Waals surface area contributed by atoms with Gasteiger partial charge in [0.25, 0.3) is 0 Å². The highest BCUT2D eigenvalue weighted by molar-refractivity contribution is 14.1. The lowest BCUT2D eigenvalue weighted by Gasteiger charge is -2.28. The molecule has 0 bridgehead atoms. The molecule has 0 fully saturated rings. The Morgan fingerprint density at radius 1 is 1.30 bits per heavy atom. The van der Waals surface area contributed by atoms with Crippen LogP contribution in [0.25, 0.3) is 11.0 Å². The van der Waals surface area contributed by atoms with Crippen LogP contribution in [0.1, 0.15) is 45.8 Å². The summed E-state index contributed by atoms with van der Waals surface area (Å²) >= 11 is 8.65. The molecule has 0 amide bonds. The molecule has 110 valence electrons. The summed E-state index contributed by atoms with van der Waals surface area (Å²) in [6.07, 6.45) is 0. The average molecular weight is 405 g/mol. The Balaban J connectivity index is 2.52. The first-order chi connectivity index (χ1) is 9.20. The van der Waals surface area contributed by atoms with Crippen LogP contribution in [0.4, 0.5) is 0 Å². The van der Waals surface area contributed by atoms with E-state index in [1.54, 1.807) is 0 Å². The second-order valence-electron chi connectivity index (χ2n) is 6.60. The van der Waals surface area contributed by atoms with Crippen LogP contribution in [-0.4, -0.2) is 9.55 Å². The monoisotopic (exact) mass is 404 g/mol. The summed E-state index contributed by atoms with van der Waals surface area (Å²) in [7, 11) is 0. The molecule has 0 aliphatic heterocycles. The van der Waals surface area contributed by atoms with E-state index in [1.165, 1.54) is 9.09 Å². The van der Waals surface area contributed by atoms with E-state index in [-0.39, 0.29) is 10.8 Å². The number of rotatable bonds is 3. The largest absolute Gasteiger partial charge is 0.326 e. The average Bonchev–Trinajstić information content (AvgIpc) is 2.66. The van der Waals surface area contributed by atoms with Gasteiger partial charge in [0.15, 0.2) is 0 Å². The van der Waals surface area contributed by atoms with Crippen molar-refractivity contribution >= 4 is 45.2 Å². The summed E-state index contributed by atoms with van der Waals surface area (Å²) in [5.41, 5.74) is 2.50. The van der Waals surface area contributed by atoms with Crippen molar-refractivity contribution in [2.75, 3.05) is 0 Å². The van der Waals surface area contributed by atoms with E-state index < -0.39 is 0 Å². The number of aromatic nitrogens is 2. The fourth-order valence-electron chi connectivity index (χ4n) is 2.16. The van der Waals surface area contributed by atoms with Gasteiger partial charge in [-0.25, -0.2) is 4.98 Å². The van der Waals surface area contributed by atoms with E-state index in [0.29, 0.717) is 5.92 Å². The molecule has 1 aromatic carbocycles. The van der Waals surface area contributed by atoms with Crippen molar-refractivity contribution in [3.63, 3.8) is 0 Å².